The third kappa shape index (κ3) is 4.44. The highest BCUT2D eigenvalue weighted by molar-refractivity contribution is 6.69. The molecule has 3 rings (SSSR count). The molecule has 4 heteroatoms. The zero-order valence-corrected chi connectivity index (χ0v) is 18.7. The van der Waals surface area contributed by atoms with Gasteiger partial charge in [0.25, 0.3) is 0 Å². The lowest BCUT2D eigenvalue weighted by molar-refractivity contribution is -0.112. The monoisotopic (exact) mass is 398 g/mol. The Balaban J connectivity index is 1.82. The van der Waals surface area contributed by atoms with Crippen LogP contribution in [0.4, 0.5) is 4.39 Å². The van der Waals surface area contributed by atoms with Crippen molar-refractivity contribution in [3.63, 3.8) is 0 Å². The SMILES string of the molecule is CC1=C(C(C)CCC[Si](C)(C)O)C(C)=C(/C=C2\C(=O)Cc3ccc(F)cc32)C1. The van der Waals surface area contributed by atoms with Gasteiger partial charge < -0.3 is 4.80 Å². The van der Waals surface area contributed by atoms with E-state index in [1.807, 2.05) is 19.2 Å². The quantitative estimate of drug-likeness (QED) is 0.472. The van der Waals surface area contributed by atoms with E-state index in [1.165, 1.54) is 34.4 Å². The topological polar surface area (TPSA) is 37.3 Å². The molecule has 1 unspecified atom stereocenters. The molecule has 0 saturated heterocycles. The summed E-state index contributed by atoms with van der Waals surface area (Å²) in [4.78, 5) is 22.6. The van der Waals surface area contributed by atoms with E-state index in [4.69, 9.17) is 0 Å². The van der Waals surface area contributed by atoms with Gasteiger partial charge in [0.1, 0.15) is 5.82 Å². The number of carbonyl (C=O) groups is 1. The zero-order valence-electron chi connectivity index (χ0n) is 17.7. The summed E-state index contributed by atoms with van der Waals surface area (Å²) in [7, 11) is -1.99. The molecule has 0 fully saturated rings. The van der Waals surface area contributed by atoms with Crippen LogP contribution in [-0.2, 0) is 11.2 Å². The van der Waals surface area contributed by atoms with Gasteiger partial charge >= 0.3 is 0 Å². The Bertz CT molecular complexity index is 900. The van der Waals surface area contributed by atoms with Gasteiger partial charge in [-0.2, -0.15) is 0 Å². The van der Waals surface area contributed by atoms with Crippen LogP contribution >= 0.6 is 0 Å². The van der Waals surface area contributed by atoms with E-state index in [1.54, 1.807) is 6.07 Å². The number of hydrogen-bond donors (Lipinski definition) is 1. The molecular weight excluding hydrogens is 367 g/mol. The maximum Gasteiger partial charge on any atom is 0.182 e. The Labute approximate surface area is 169 Å². The molecule has 150 valence electrons. The van der Waals surface area contributed by atoms with Gasteiger partial charge in [0, 0.05) is 12.0 Å². The second-order valence-corrected chi connectivity index (χ2v) is 13.2. The Kier molecular flexibility index (Phi) is 5.92. The molecule has 2 nitrogen and oxygen atoms in total. The van der Waals surface area contributed by atoms with E-state index in [0.29, 0.717) is 17.9 Å². The summed E-state index contributed by atoms with van der Waals surface area (Å²) >= 11 is 0. The normalized spacial score (nSPS) is 19.8. The third-order valence-electron chi connectivity index (χ3n) is 6.05. The summed E-state index contributed by atoms with van der Waals surface area (Å²) in [5.41, 5.74) is 7.52. The average molecular weight is 399 g/mol. The van der Waals surface area contributed by atoms with Crippen LogP contribution in [0, 0.1) is 11.7 Å². The Morgan fingerprint density at radius 2 is 1.96 bits per heavy atom. The molecule has 0 radical (unpaired) electrons. The lowest BCUT2D eigenvalue weighted by Gasteiger charge is -2.19. The summed E-state index contributed by atoms with van der Waals surface area (Å²) < 4.78 is 13.7. The van der Waals surface area contributed by atoms with Crippen molar-refractivity contribution in [1.29, 1.82) is 0 Å². The van der Waals surface area contributed by atoms with E-state index < -0.39 is 8.32 Å². The van der Waals surface area contributed by atoms with Gasteiger partial charge in [-0.05, 0) is 97.8 Å². The van der Waals surface area contributed by atoms with Crippen LogP contribution in [0.2, 0.25) is 19.1 Å². The third-order valence-corrected chi connectivity index (χ3v) is 7.63. The number of hydrogen-bond acceptors (Lipinski definition) is 2. The molecule has 0 saturated carbocycles. The van der Waals surface area contributed by atoms with Crippen LogP contribution < -0.4 is 0 Å². The first-order valence-corrected chi connectivity index (χ1v) is 13.4. The van der Waals surface area contributed by atoms with E-state index >= 15 is 0 Å². The van der Waals surface area contributed by atoms with Gasteiger partial charge in [-0.25, -0.2) is 4.39 Å². The minimum atomic E-state index is -1.99. The Morgan fingerprint density at radius 1 is 1.25 bits per heavy atom. The first kappa shape index (κ1) is 20.9. The summed E-state index contributed by atoms with van der Waals surface area (Å²) in [6.07, 6.45) is 5.33. The Morgan fingerprint density at radius 3 is 2.64 bits per heavy atom. The average Bonchev–Trinajstić information content (AvgIpc) is 3.03. The molecule has 0 amide bonds. The molecule has 0 aliphatic heterocycles. The van der Waals surface area contributed by atoms with E-state index in [2.05, 4.69) is 20.8 Å². The molecule has 2 aliphatic carbocycles. The van der Waals surface area contributed by atoms with Gasteiger partial charge in [-0.3, -0.25) is 4.79 Å². The standard InChI is InChI=1S/C24H31FO2Si/c1-15(7-6-10-28(4,5)27)24-16(2)11-19(17(24)3)12-22-21-14-20(25)9-8-18(21)13-23(22)26/h8-9,12,14-15,27H,6-7,10-11,13H2,1-5H3/b22-12-. The lowest BCUT2D eigenvalue weighted by Crippen LogP contribution is -2.24. The Hall–Kier alpha value is -1.78. The summed E-state index contributed by atoms with van der Waals surface area (Å²) in [6, 6.07) is 5.57. The fraction of sp³-hybridized carbons (Fsp3) is 0.458. The van der Waals surface area contributed by atoms with Crippen molar-refractivity contribution in [2.75, 3.05) is 0 Å². The van der Waals surface area contributed by atoms with Crippen molar-refractivity contribution in [3.8, 4) is 0 Å². The smallest absolute Gasteiger partial charge is 0.182 e. The number of allylic oxidation sites excluding steroid dienone is 6. The number of carbonyl (C=O) groups excluding carboxylic acids is 1. The van der Waals surface area contributed by atoms with Crippen molar-refractivity contribution in [1.82, 2.24) is 0 Å². The van der Waals surface area contributed by atoms with Crippen molar-refractivity contribution < 1.29 is 14.0 Å². The first-order chi connectivity index (χ1) is 13.1. The first-order valence-electron chi connectivity index (χ1n) is 10.2. The van der Waals surface area contributed by atoms with Crippen molar-refractivity contribution in [3.05, 3.63) is 63.5 Å². The highest BCUT2D eigenvalue weighted by Gasteiger charge is 2.28. The minimum Gasteiger partial charge on any atom is -0.432 e. The van der Waals surface area contributed by atoms with Gasteiger partial charge in [-0.15, -0.1) is 0 Å². The van der Waals surface area contributed by atoms with Crippen molar-refractivity contribution in [2.45, 2.75) is 65.6 Å². The molecule has 2 aliphatic rings. The van der Waals surface area contributed by atoms with E-state index in [-0.39, 0.29) is 11.6 Å². The van der Waals surface area contributed by atoms with Gasteiger partial charge in [0.2, 0.25) is 0 Å². The molecule has 1 aromatic rings. The van der Waals surface area contributed by atoms with E-state index in [0.717, 1.165) is 36.4 Å². The minimum absolute atomic E-state index is 0.0789. The van der Waals surface area contributed by atoms with Crippen LogP contribution in [-0.4, -0.2) is 18.9 Å². The summed E-state index contributed by atoms with van der Waals surface area (Å²) in [5.74, 6) is 0.224. The highest BCUT2D eigenvalue weighted by atomic mass is 28.4. The van der Waals surface area contributed by atoms with E-state index in [9.17, 15) is 14.0 Å². The second kappa shape index (κ2) is 7.92. The number of halogens is 1. The number of ketones is 1. The highest BCUT2D eigenvalue weighted by Crippen LogP contribution is 2.41. The zero-order chi connectivity index (χ0) is 20.6. The van der Waals surface area contributed by atoms with Crippen LogP contribution in [0.25, 0.3) is 5.57 Å². The molecular formula is C24H31FO2Si. The number of Topliss-reactive ketones (excluding diaryl/α,β-unsaturated/α-hetero) is 1. The lowest BCUT2D eigenvalue weighted by atomic mass is 9.90. The number of fused-ring (bicyclic) bond motifs is 1. The van der Waals surface area contributed by atoms with Crippen LogP contribution in [0.1, 0.15) is 51.2 Å². The predicted molar refractivity (Wildman–Crippen MR) is 116 cm³/mol. The fourth-order valence-corrected chi connectivity index (χ4v) is 5.72. The van der Waals surface area contributed by atoms with Crippen LogP contribution in [0.3, 0.4) is 0 Å². The second-order valence-electron chi connectivity index (χ2n) is 9.09. The van der Waals surface area contributed by atoms with Crippen LogP contribution in [0.15, 0.2) is 46.6 Å². The maximum atomic E-state index is 13.7. The predicted octanol–water partition coefficient (Wildman–Crippen LogP) is 5.98. The molecule has 1 N–H and O–H groups in total. The van der Waals surface area contributed by atoms with Crippen molar-refractivity contribution in [2.24, 2.45) is 5.92 Å². The molecule has 0 bridgehead atoms. The molecule has 1 aromatic carbocycles. The molecule has 1 atom stereocenters. The molecule has 0 aromatic heterocycles. The molecule has 0 heterocycles. The summed E-state index contributed by atoms with van der Waals surface area (Å²) in [6.45, 7) is 10.6. The fourth-order valence-electron chi connectivity index (χ4n) is 4.65. The maximum absolute atomic E-state index is 13.7. The number of rotatable bonds is 6. The van der Waals surface area contributed by atoms with Gasteiger partial charge in [0.15, 0.2) is 14.1 Å². The molecule has 28 heavy (non-hydrogen) atoms. The summed E-state index contributed by atoms with van der Waals surface area (Å²) in [5, 5.41) is 0. The molecule has 0 spiro atoms. The van der Waals surface area contributed by atoms with Crippen molar-refractivity contribution >= 4 is 19.7 Å². The van der Waals surface area contributed by atoms with Gasteiger partial charge in [-0.1, -0.05) is 25.0 Å². The largest absolute Gasteiger partial charge is 0.432 e. The number of benzene rings is 1. The van der Waals surface area contributed by atoms with Gasteiger partial charge in [0.05, 0.1) is 0 Å². The van der Waals surface area contributed by atoms with Crippen LogP contribution in [0.5, 0.6) is 0 Å².